The first-order chi connectivity index (χ1) is 50.8. The first kappa shape index (κ1) is 98.6. The molecule has 3 N–H and O–H groups in total. The number of carbonyl (C=O) groups is 2. The number of phosphoric acid groups is 1. The third-order valence-corrected chi connectivity index (χ3v) is 19.4. The van der Waals surface area contributed by atoms with Gasteiger partial charge in [-0.3, -0.25) is 18.6 Å². The molecule has 0 saturated heterocycles. The molecular formula is C93H160NO8P. The lowest BCUT2D eigenvalue weighted by Crippen LogP contribution is -2.29. The summed E-state index contributed by atoms with van der Waals surface area (Å²) in [4.78, 5) is 35.5. The van der Waals surface area contributed by atoms with E-state index in [1.165, 1.54) is 231 Å². The van der Waals surface area contributed by atoms with Gasteiger partial charge < -0.3 is 20.1 Å². The lowest BCUT2D eigenvalue weighted by Gasteiger charge is -2.19. The minimum absolute atomic E-state index is 0.0511. The molecule has 590 valence electrons. The van der Waals surface area contributed by atoms with Crippen LogP contribution in [0.25, 0.3) is 0 Å². The molecule has 9 nitrogen and oxygen atoms in total. The maximum absolute atomic E-state index is 12.8. The molecule has 0 radical (unpaired) electrons. The molecule has 103 heavy (non-hydrogen) atoms. The number of carbonyl (C=O) groups excluding carboxylic acids is 2. The summed E-state index contributed by atoms with van der Waals surface area (Å²) in [5.41, 5.74) is 5.42. The number of esters is 2. The Bertz CT molecular complexity index is 2260. The summed E-state index contributed by atoms with van der Waals surface area (Å²) in [5, 5.41) is 0. The van der Waals surface area contributed by atoms with Crippen molar-refractivity contribution >= 4 is 19.8 Å². The number of ether oxygens (including phenoxy) is 2. The molecule has 0 fully saturated rings. The van der Waals surface area contributed by atoms with Crippen LogP contribution in [-0.2, 0) is 32.7 Å². The summed E-state index contributed by atoms with van der Waals surface area (Å²) in [7, 11) is -4.40. The molecule has 0 aliphatic rings. The Morgan fingerprint density at radius 3 is 0.748 bits per heavy atom. The summed E-state index contributed by atoms with van der Waals surface area (Å²) in [5.74, 6) is -0.813. The number of nitrogens with two attached hydrogens (primary N) is 1. The Morgan fingerprint density at radius 2 is 0.505 bits per heavy atom. The zero-order valence-electron chi connectivity index (χ0n) is 66.8. The molecule has 0 aliphatic carbocycles. The fraction of sp³-hybridized carbons (Fsp3) is 0.699. The fourth-order valence-corrected chi connectivity index (χ4v) is 12.9. The molecule has 0 amide bonds. The highest BCUT2D eigenvalue weighted by atomic mass is 31.2. The second kappa shape index (κ2) is 86.5. The van der Waals surface area contributed by atoms with Crippen LogP contribution in [0.3, 0.4) is 0 Å². The highest BCUT2D eigenvalue weighted by molar-refractivity contribution is 7.47. The summed E-state index contributed by atoms with van der Waals surface area (Å²) < 4.78 is 33.3. The van der Waals surface area contributed by atoms with E-state index in [2.05, 4.69) is 172 Å². The SMILES string of the molecule is CC/C=C\C/C=C\C/C=C\C/C=C\C/C=C\C/C=C\C/C=C\CCCCCCCCCCCCCCCCCCCCCC(=O)OC(COC(=O)CCCCCCCCCCCCCCCCCCCCCCCC/C=C\C/C=C\C/C=C\C/C=C\C/C=C\C/C=C\CC)COP(=O)(O)OCCN. The van der Waals surface area contributed by atoms with Gasteiger partial charge in [-0.2, -0.15) is 0 Å². The van der Waals surface area contributed by atoms with E-state index in [1.807, 2.05) is 0 Å². The molecule has 0 aromatic heterocycles. The smallest absolute Gasteiger partial charge is 0.462 e. The third kappa shape index (κ3) is 86.4. The van der Waals surface area contributed by atoms with Crippen molar-refractivity contribution in [2.24, 2.45) is 5.73 Å². The minimum Gasteiger partial charge on any atom is -0.462 e. The molecular weight excluding hydrogens is 1290 g/mol. The van der Waals surface area contributed by atoms with Gasteiger partial charge in [0.1, 0.15) is 6.61 Å². The number of hydrogen-bond acceptors (Lipinski definition) is 8. The quantitative estimate of drug-likeness (QED) is 0.0264. The average molecular weight is 1450 g/mol. The zero-order chi connectivity index (χ0) is 74.3. The summed E-state index contributed by atoms with van der Waals surface area (Å²) >= 11 is 0. The molecule has 0 spiro atoms. The van der Waals surface area contributed by atoms with E-state index in [0.29, 0.717) is 6.42 Å². The van der Waals surface area contributed by atoms with Crippen molar-refractivity contribution in [3.8, 4) is 0 Å². The predicted octanol–water partition coefficient (Wildman–Crippen LogP) is 29.4. The van der Waals surface area contributed by atoms with Crippen LogP contribution >= 0.6 is 7.82 Å². The average Bonchev–Trinajstić information content (AvgIpc) is 0.970. The van der Waals surface area contributed by atoms with Crippen LogP contribution in [0.1, 0.15) is 386 Å². The molecule has 0 aromatic rings. The van der Waals surface area contributed by atoms with E-state index < -0.39 is 26.5 Å². The van der Waals surface area contributed by atoms with E-state index in [0.717, 1.165) is 122 Å². The fourth-order valence-electron chi connectivity index (χ4n) is 12.2. The molecule has 0 rings (SSSR count). The highest BCUT2D eigenvalue weighted by Crippen LogP contribution is 2.43. The van der Waals surface area contributed by atoms with Gasteiger partial charge in [-0.25, -0.2) is 4.57 Å². The molecule has 0 bridgehead atoms. The Hall–Kier alpha value is -4.37. The van der Waals surface area contributed by atoms with Gasteiger partial charge in [-0.1, -0.05) is 409 Å². The maximum Gasteiger partial charge on any atom is 0.472 e. The third-order valence-electron chi connectivity index (χ3n) is 18.4. The highest BCUT2D eigenvalue weighted by Gasteiger charge is 2.26. The minimum atomic E-state index is -4.40. The molecule has 2 atom stereocenters. The standard InChI is InChI=1S/C93H160NO8P/c1-3-5-7-9-11-13-15-17-19-21-23-25-27-29-31-33-35-37-39-41-43-45-47-49-51-53-55-57-59-61-63-65-67-69-71-73-75-77-79-81-83-85-92(95)99-89-91(90-101-103(97,98)100-88-87-94)102-93(96)86-84-82-80-78-76-74-72-70-68-66-64-62-60-58-56-54-52-50-48-46-44-42-40-38-36-34-32-30-28-26-24-22-20-18-16-14-12-10-8-6-4-2/h5-8,11-14,17-20,23-26,29-32,35-38,42,44,91H,3-4,9-10,15-16,21-22,27-28,33-34,39-41,43,45-90,94H2,1-2H3,(H,97,98)/b7-5-,8-6-,13-11-,14-12-,19-17-,20-18-,25-23-,26-24-,31-29-,32-30-,37-35-,38-36-,44-42-. The van der Waals surface area contributed by atoms with Crippen LogP contribution in [0.15, 0.2) is 158 Å². The van der Waals surface area contributed by atoms with Gasteiger partial charge >= 0.3 is 19.8 Å². The van der Waals surface area contributed by atoms with Crippen molar-refractivity contribution < 1.29 is 37.6 Å². The lowest BCUT2D eigenvalue weighted by molar-refractivity contribution is -0.161. The van der Waals surface area contributed by atoms with Gasteiger partial charge in [0.2, 0.25) is 0 Å². The van der Waals surface area contributed by atoms with Gasteiger partial charge in [0.25, 0.3) is 0 Å². The van der Waals surface area contributed by atoms with Crippen LogP contribution in [0.2, 0.25) is 0 Å². The van der Waals surface area contributed by atoms with Crippen LogP contribution in [0.4, 0.5) is 0 Å². The van der Waals surface area contributed by atoms with Gasteiger partial charge in [0, 0.05) is 19.4 Å². The van der Waals surface area contributed by atoms with Gasteiger partial charge in [0.15, 0.2) is 6.10 Å². The number of allylic oxidation sites excluding steroid dienone is 26. The number of unbranched alkanes of at least 4 members (excludes halogenated alkanes) is 41. The van der Waals surface area contributed by atoms with Gasteiger partial charge in [-0.05, 0) is 122 Å². The van der Waals surface area contributed by atoms with Gasteiger partial charge in [0.05, 0.1) is 13.2 Å². The molecule has 0 saturated carbocycles. The largest absolute Gasteiger partial charge is 0.472 e. The molecule has 10 heteroatoms. The Kier molecular flexibility index (Phi) is 82.9. The summed E-state index contributed by atoms with van der Waals surface area (Å²) in [6, 6.07) is 0. The topological polar surface area (TPSA) is 134 Å². The maximum atomic E-state index is 12.8. The first-order valence-corrected chi connectivity index (χ1v) is 44.5. The predicted molar refractivity (Wildman–Crippen MR) is 450 cm³/mol. The monoisotopic (exact) mass is 1450 g/mol. The number of phosphoric ester groups is 1. The Balaban J connectivity index is 3.78. The lowest BCUT2D eigenvalue weighted by atomic mass is 10.0. The second-order valence-electron chi connectivity index (χ2n) is 28.3. The van der Waals surface area contributed by atoms with E-state index in [4.69, 9.17) is 24.3 Å². The summed E-state index contributed by atoms with van der Waals surface area (Å²) in [6.07, 6.45) is 127. The molecule has 0 heterocycles. The van der Waals surface area contributed by atoms with Crippen LogP contribution in [-0.4, -0.2) is 49.3 Å². The van der Waals surface area contributed by atoms with Gasteiger partial charge in [-0.15, -0.1) is 0 Å². The van der Waals surface area contributed by atoms with Crippen molar-refractivity contribution in [2.75, 3.05) is 26.4 Å². The van der Waals surface area contributed by atoms with Crippen molar-refractivity contribution in [1.29, 1.82) is 0 Å². The Morgan fingerprint density at radius 1 is 0.291 bits per heavy atom. The normalized spacial score (nSPS) is 13.6. The summed E-state index contributed by atoms with van der Waals surface area (Å²) in [6.45, 7) is 3.56. The van der Waals surface area contributed by atoms with Crippen molar-refractivity contribution in [1.82, 2.24) is 0 Å². The number of rotatable bonds is 80. The molecule has 0 aliphatic heterocycles. The Labute approximate surface area is 636 Å². The second-order valence-corrected chi connectivity index (χ2v) is 29.7. The van der Waals surface area contributed by atoms with Crippen molar-refractivity contribution in [3.63, 3.8) is 0 Å². The van der Waals surface area contributed by atoms with E-state index in [9.17, 15) is 19.0 Å². The van der Waals surface area contributed by atoms with E-state index in [1.54, 1.807) is 0 Å². The van der Waals surface area contributed by atoms with Crippen molar-refractivity contribution in [3.05, 3.63) is 158 Å². The van der Waals surface area contributed by atoms with Crippen LogP contribution in [0.5, 0.6) is 0 Å². The first-order valence-electron chi connectivity index (χ1n) is 43.0. The number of hydrogen-bond donors (Lipinski definition) is 2. The van der Waals surface area contributed by atoms with E-state index in [-0.39, 0.29) is 38.6 Å². The molecule has 2 unspecified atom stereocenters. The van der Waals surface area contributed by atoms with Crippen LogP contribution < -0.4 is 5.73 Å². The van der Waals surface area contributed by atoms with E-state index >= 15 is 0 Å². The molecule has 0 aromatic carbocycles. The van der Waals surface area contributed by atoms with Crippen molar-refractivity contribution in [2.45, 2.75) is 392 Å². The van der Waals surface area contributed by atoms with Crippen LogP contribution in [0, 0.1) is 0 Å². The zero-order valence-corrected chi connectivity index (χ0v) is 67.7.